The largest absolute Gasteiger partial charge is 0.444 e. The van der Waals surface area contributed by atoms with Crippen molar-refractivity contribution < 1.29 is 9.53 Å². The summed E-state index contributed by atoms with van der Waals surface area (Å²) in [4.78, 5) is 13.9. The van der Waals surface area contributed by atoms with Crippen molar-refractivity contribution in [3.05, 3.63) is 30.1 Å². The van der Waals surface area contributed by atoms with Crippen molar-refractivity contribution in [1.29, 1.82) is 0 Å². The lowest BCUT2D eigenvalue weighted by Gasteiger charge is -2.38. The van der Waals surface area contributed by atoms with Gasteiger partial charge in [-0.15, -0.1) is 0 Å². The Bertz CT molecular complexity index is 543. The molecule has 2 aliphatic heterocycles. The fourth-order valence-electron chi connectivity index (χ4n) is 3.09. The van der Waals surface area contributed by atoms with Crippen molar-refractivity contribution in [2.24, 2.45) is 0 Å². The molecule has 4 nitrogen and oxygen atoms in total. The van der Waals surface area contributed by atoms with Crippen LogP contribution in [-0.2, 0) is 10.2 Å². The van der Waals surface area contributed by atoms with Crippen molar-refractivity contribution >= 4 is 12.3 Å². The third kappa shape index (κ3) is 2.23. The first-order chi connectivity index (χ1) is 9.40. The first kappa shape index (κ1) is 13.3. The lowest BCUT2D eigenvalue weighted by atomic mass is 9.77. The number of likely N-dealkylation sites (tertiary alicyclic amines) is 1. The van der Waals surface area contributed by atoms with Gasteiger partial charge < -0.3 is 14.2 Å². The molecule has 1 saturated heterocycles. The topological polar surface area (TPSA) is 34.5 Å². The van der Waals surface area contributed by atoms with Crippen molar-refractivity contribution in [2.75, 3.05) is 13.1 Å². The second-order valence-corrected chi connectivity index (χ2v) is 6.74. The van der Waals surface area contributed by atoms with Crippen LogP contribution in [-0.4, -0.2) is 34.3 Å². The molecule has 1 fully saturated rings. The highest BCUT2D eigenvalue weighted by molar-refractivity contribution is 5.68. The SMILES string of the molecule is CC(C)(C)OC(=O)N1CCC2(C=Cn3cccc32)CC1. The molecule has 1 spiro atoms. The number of allylic oxidation sites excluding steroid dienone is 1. The summed E-state index contributed by atoms with van der Waals surface area (Å²) < 4.78 is 7.63. The summed E-state index contributed by atoms with van der Waals surface area (Å²) in [5, 5.41) is 0. The average molecular weight is 274 g/mol. The molecule has 20 heavy (non-hydrogen) atoms. The Balaban J connectivity index is 1.67. The summed E-state index contributed by atoms with van der Waals surface area (Å²) >= 11 is 0. The lowest BCUT2D eigenvalue weighted by molar-refractivity contribution is 0.0183. The molecule has 0 bridgehead atoms. The van der Waals surface area contributed by atoms with E-state index in [1.807, 2.05) is 25.7 Å². The minimum absolute atomic E-state index is 0.113. The Labute approximate surface area is 120 Å². The third-order valence-corrected chi connectivity index (χ3v) is 4.15. The van der Waals surface area contributed by atoms with Gasteiger partial charge in [0.05, 0.1) is 0 Å². The van der Waals surface area contributed by atoms with E-state index in [0.717, 1.165) is 25.9 Å². The fourth-order valence-corrected chi connectivity index (χ4v) is 3.09. The zero-order valence-electron chi connectivity index (χ0n) is 12.4. The zero-order valence-corrected chi connectivity index (χ0v) is 12.4. The van der Waals surface area contributed by atoms with E-state index >= 15 is 0 Å². The molecular formula is C16H22N2O2. The smallest absolute Gasteiger partial charge is 0.410 e. The molecule has 0 saturated carbocycles. The molecule has 4 heteroatoms. The van der Waals surface area contributed by atoms with Crippen LogP contribution in [0.25, 0.3) is 6.20 Å². The second kappa shape index (κ2) is 4.40. The van der Waals surface area contributed by atoms with Gasteiger partial charge >= 0.3 is 6.09 Å². The van der Waals surface area contributed by atoms with Crippen molar-refractivity contribution in [3.8, 4) is 0 Å². The molecule has 0 aliphatic carbocycles. The van der Waals surface area contributed by atoms with Crippen LogP contribution in [0.3, 0.4) is 0 Å². The first-order valence-corrected chi connectivity index (χ1v) is 7.24. The van der Waals surface area contributed by atoms with Crippen LogP contribution in [0, 0.1) is 0 Å². The molecule has 3 heterocycles. The van der Waals surface area contributed by atoms with Gasteiger partial charge in [-0.25, -0.2) is 4.79 Å². The number of aromatic nitrogens is 1. The summed E-state index contributed by atoms with van der Waals surface area (Å²) in [6.45, 7) is 7.23. The fraction of sp³-hybridized carbons (Fsp3) is 0.562. The number of rotatable bonds is 0. The van der Waals surface area contributed by atoms with Gasteiger partial charge in [0.15, 0.2) is 0 Å². The van der Waals surface area contributed by atoms with Crippen LogP contribution in [0.15, 0.2) is 24.4 Å². The summed E-state index contributed by atoms with van der Waals surface area (Å²) in [6, 6.07) is 4.27. The van der Waals surface area contributed by atoms with Gasteiger partial charge in [0.25, 0.3) is 0 Å². The Morgan fingerprint density at radius 2 is 2.00 bits per heavy atom. The molecule has 3 rings (SSSR count). The highest BCUT2D eigenvalue weighted by Gasteiger charge is 2.40. The minimum Gasteiger partial charge on any atom is -0.444 e. The van der Waals surface area contributed by atoms with E-state index in [4.69, 9.17) is 4.74 Å². The van der Waals surface area contributed by atoms with Crippen LogP contribution in [0.1, 0.15) is 39.3 Å². The number of hydrogen-bond donors (Lipinski definition) is 0. The van der Waals surface area contributed by atoms with Crippen LogP contribution < -0.4 is 0 Å². The van der Waals surface area contributed by atoms with E-state index in [2.05, 4.69) is 35.2 Å². The number of fused-ring (bicyclic) bond motifs is 2. The van der Waals surface area contributed by atoms with Gasteiger partial charge in [0.1, 0.15) is 5.60 Å². The molecule has 0 unspecified atom stereocenters. The maximum atomic E-state index is 12.1. The Morgan fingerprint density at radius 3 is 2.65 bits per heavy atom. The highest BCUT2D eigenvalue weighted by Crippen LogP contribution is 2.41. The average Bonchev–Trinajstić information content (AvgIpc) is 2.93. The van der Waals surface area contributed by atoms with E-state index < -0.39 is 5.60 Å². The number of carbonyl (C=O) groups is 1. The second-order valence-electron chi connectivity index (χ2n) is 6.74. The van der Waals surface area contributed by atoms with Crippen LogP contribution in [0.5, 0.6) is 0 Å². The van der Waals surface area contributed by atoms with E-state index in [1.54, 1.807) is 0 Å². The number of nitrogens with zero attached hydrogens (tertiary/aromatic N) is 2. The number of hydrogen-bond acceptors (Lipinski definition) is 2. The Morgan fingerprint density at radius 1 is 1.30 bits per heavy atom. The lowest BCUT2D eigenvalue weighted by Crippen LogP contribution is -2.45. The molecule has 0 N–H and O–H groups in total. The van der Waals surface area contributed by atoms with Crippen molar-refractivity contribution in [1.82, 2.24) is 9.47 Å². The van der Waals surface area contributed by atoms with E-state index in [9.17, 15) is 4.79 Å². The minimum atomic E-state index is -0.422. The molecule has 0 atom stereocenters. The molecule has 108 valence electrons. The maximum Gasteiger partial charge on any atom is 0.410 e. The predicted octanol–water partition coefficient (Wildman–Crippen LogP) is 3.24. The standard InChI is InChI=1S/C16H22N2O2/c1-15(2,3)20-14(19)18-11-7-16(8-12-18)6-10-17-9-4-5-13(16)17/h4-6,9-10H,7-8,11-12H2,1-3H3. The highest BCUT2D eigenvalue weighted by atomic mass is 16.6. The van der Waals surface area contributed by atoms with Crippen molar-refractivity contribution in [3.63, 3.8) is 0 Å². The van der Waals surface area contributed by atoms with Gasteiger partial charge in [-0.3, -0.25) is 0 Å². The van der Waals surface area contributed by atoms with Crippen LogP contribution in [0.2, 0.25) is 0 Å². The molecule has 1 aromatic rings. The predicted molar refractivity (Wildman–Crippen MR) is 78.5 cm³/mol. The monoisotopic (exact) mass is 274 g/mol. The first-order valence-electron chi connectivity index (χ1n) is 7.24. The van der Waals surface area contributed by atoms with E-state index in [1.165, 1.54) is 5.69 Å². The molecule has 1 amide bonds. The van der Waals surface area contributed by atoms with Crippen LogP contribution in [0.4, 0.5) is 4.79 Å². The van der Waals surface area contributed by atoms with E-state index in [0.29, 0.717) is 0 Å². The number of piperidine rings is 1. The quantitative estimate of drug-likeness (QED) is 0.728. The van der Waals surface area contributed by atoms with Crippen molar-refractivity contribution in [2.45, 2.75) is 44.6 Å². The molecule has 2 aliphatic rings. The van der Waals surface area contributed by atoms with E-state index in [-0.39, 0.29) is 11.5 Å². The Hall–Kier alpha value is -1.71. The summed E-state index contributed by atoms with van der Waals surface area (Å²) in [5.74, 6) is 0. The normalized spacial score (nSPS) is 20.2. The number of carbonyl (C=O) groups excluding carboxylic acids is 1. The Kier molecular flexibility index (Phi) is 2.92. The number of ether oxygens (including phenoxy) is 1. The molecule has 1 aromatic heterocycles. The van der Waals surface area contributed by atoms with Gasteiger partial charge in [-0.05, 0) is 45.7 Å². The van der Waals surface area contributed by atoms with Gasteiger partial charge in [0.2, 0.25) is 0 Å². The van der Waals surface area contributed by atoms with Gasteiger partial charge in [-0.2, -0.15) is 0 Å². The zero-order chi connectivity index (χ0) is 14.4. The number of amides is 1. The third-order valence-electron chi connectivity index (χ3n) is 4.15. The summed E-state index contributed by atoms with van der Waals surface area (Å²) in [7, 11) is 0. The maximum absolute atomic E-state index is 12.1. The molecule has 0 aromatic carbocycles. The van der Waals surface area contributed by atoms with Gasteiger partial charge in [0, 0.05) is 36.6 Å². The molecule has 0 radical (unpaired) electrons. The molecular weight excluding hydrogens is 252 g/mol. The van der Waals surface area contributed by atoms with Gasteiger partial charge in [-0.1, -0.05) is 6.08 Å². The van der Waals surface area contributed by atoms with Crippen LogP contribution >= 0.6 is 0 Å². The summed E-state index contributed by atoms with van der Waals surface area (Å²) in [6.07, 6.45) is 8.25. The summed E-state index contributed by atoms with van der Waals surface area (Å²) in [5.41, 5.74) is 1.04.